The average molecular weight is 216 g/mol. The Kier molecular flexibility index (Phi) is 1.88. The molecule has 88 valence electrons. The SMILES string of the molecule is C=C1C=C2CCCC(C)C2(C)C2C1C2(C)C. The summed E-state index contributed by atoms with van der Waals surface area (Å²) in [5, 5.41) is 0. The number of hydrogen-bond acceptors (Lipinski definition) is 0. The Hall–Kier alpha value is -0.520. The van der Waals surface area contributed by atoms with Crippen molar-refractivity contribution < 1.29 is 0 Å². The number of fused-ring (bicyclic) bond motifs is 3. The van der Waals surface area contributed by atoms with Crippen molar-refractivity contribution in [2.45, 2.75) is 47.0 Å². The van der Waals surface area contributed by atoms with Crippen LogP contribution in [0.15, 0.2) is 23.8 Å². The highest BCUT2D eigenvalue weighted by molar-refractivity contribution is 5.44. The third kappa shape index (κ3) is 1.02. The molecule has 0 N–H and O–H groups in total. The lowest BCUT2D eigenvalue weighted by molar-refractivity contribution is 0.143. The van der Waals surface area contributed by atoms with Gasteiger partial charge in [-0.15, -0.1) is 0 Å². The number of hydrogen-bond donors (Lipinski definition) is 0. The zero-order chi connectivity index (χ0) is 11.7. The molecule has 0 saturated heterocycles. The molecule has 4 unspecified atom stereocenters. The quantitative estimate of drug-likeness (QED) is 0.556. The molecule has 0 spiro atoms. The van der Waals surface area contributed by atoms with Crippen molar-refractivity contribution >= 4 is 0 Å². The van der Waals surface area contributed by atoms with Crippen LogP contribution in [0.4, 0.5) is 0 Å². The van der Waals surface area contributed by atoms with Gasteiger partial charge in [0.2, 0.25) is 0 Å². The molecule has 0 bridgehead atoms. The van der Waals surface area contributed by atoms with E-state index < -0.39 is 0 Å². The van der Waals surface area contributed by atoms with Crippen molar-refractivity contribution in [3.8, 4) is 0 Å². The molecule has 2 fully saturated rings. The first-order chi connectivity index (χ1) is 7.40. The van der Waals surface area contributed by atoms with Crippen LogP contribution in [-0.4, -0.2) is 0 Å². The molecule has 2 saturated carbocycles. The van der Waals surface area contributed by atoms with Crippen LogP contribution in [-0.2, 0) is 0 Å². The fourth-order valence-corrected chi connectivity index (χ4v) is 4.98. The van der Waals surface area contributed by atoms with Crippen LogP contribution in [0.5, 0.6) is 0 Å². The minimum atomic E-state index is 0.480. The fraction of sp³-hybridized carbons (Fsp3) is 0.750. The first-order valence-electron chi connectivity index (χ1n) is 6.80. The zero-order valence-corrected chi connectivity index (χ0v) is 11.1. The predicted molar refractivity (Wildman–Crippen MR) is 69.1 cm³/mol. The largest absolute Gasteiger partial charge is 0.0955 e. The highest BCUT2D eigenvalue weighted by Crippen LogP contribution is 2.75. The van der Waals surface area contributed by atoms with Crippen molar-refractivity contribution in [1.29, 1.82) is 0 Å². The normalized spacial score (nSPS) is 49.1. The molecule has 3 rings (SSSR count). The van der Waals surface area contributed by atoms with E-state index in [4.69, 9.17) is 0 Å². The Bertz CT molecular complexity index is 385. The average Bonchev–Trinajstić information content (AvgIpc) is 2.77. The van der Waals surface area contributed by atoms with Crippen LogP contribution in [0.2, 0.25) is 0 Å². The highest BCUT2D eigenvalue weighted by Gasteiger charge is 2.69. The summed E-state index contributed by atoms with van der Waals surface area (Å²) in [5.41, 5.74) is 4.10. The summed E-state index contributed by atoms with van der Waals surface area (Å²) in [4.78, 5) is 0. The number of rotatable bonds is 0. The lowest BCUT2D eigenvalue weighted by atomic mass is 9.59. The Labute approximate surface area is 99.8 Å². The maximum absolute atomic E-state index is 4.30. The van der Waals surface area contributed by atoms with E-state index in [1.165, 1.54) is 24.8 Å². The summed E-state index contributed by atoms with van der Waals surface area (Å²) in [5.74, 6) is 2.49. The van der Waals surface area contributed by atoms with Crippen LogP contribution in [0.3, 0.4) is 0 Å². The van der Waals surface area contributed by atoms with Crippen LogP contribution in [0, 0.1) is 28.6 Å². The molecular weight excluding hydrogens is 192 g/mol. The second-order valence-electron chi connectivity index (χ2n) is 7.10. The van der Waals surface area contributed by atoms with E-state index in [-0.39, 0.29) is 0 Å². The van der Waals surface area contributed by atoms with Crippen molar-refractivity contribution in [3.63, 3.8) is 0 Å². The standard InChI is InChI=1S/C16H24/c1-10-9-12-8-6-7-11(2)16(12,5)14-13(10)15(14,3)4/h9,11,13-14H,1,6-8H2,2-5H3. The Balaban J connectivity index is 2.10. The number of allylic oxidation sites excluding steroid dienone is 3. The van der Waals surface area contributed by atoms with Crippen molar-refractivity contribution in [1.82, 2.24) is 0 Å². The Morgan fingerprint density at radius 3 is 2.69 bits per heavy atom. The van der Waals surface area contributed by atoms with Gasteiger partial charge in [-0.05, 0) is 47.8 Å². The molecule has 0 heteroatoms. The third-order valence-corrected chi connectivity index (χ3v) is 6.03. The van der Waals surface area contributed by atoms with E-state index in [1.807, 2.05) is 0 Å². The van der Waals surface area contributed by atoms with Gasteiger partial charge in [-0.2, -0.15) is 0 Å². The topological polar surface area (TPSA) is 0 Å². The minimum Gasteiger partial charge on any atom is -0.0955 e. The smallest absolute Gasteiger partial charge is 0.00480 e. The van der Waals surface area contributed by atoms with E-state index in [0.717, 1.165) is 17.8 Å². The van der Waals surface area contributed by atoms with Gasteiger partial charge in [-0.25, -0.2) is 0 Å². The summed E-state index contributed by atoms with van der Waals surface area (Å²) in [6, 6.07) is 0. The van der Waals surface area contributed by atoms with Crippen LogP contribution in [0.1, 0.15) is 47.0 Å². The molecule has 0 aromatic heterocycles. The van der Waals surface area contributed by atoms with Gasteiger partial charge in [0.15, 0.2) is 0 Å². The van der Waals surface area contributed by atoms with E-state index in [9.17, 15) is 0 Å². The van der Waals surface area contributed by atoms with Gasteiger partial charge in [0.05, 0.1) is 0 Å². The van der Waals surface area contributed by atoms with Crippen LogP contribution >= 0.6 is 0 Å². The molecule has 3 aliphatic rings. The summed E-state index contributed by atoms with van der Waals surface area (Å²) in [7, 11) is 0. The lowest BCUT2D eigenvalue weighted by Crippen LogP contribution is -2.36. The summed E-state index contributed by atoms with van der Waals surface area (Å²) >= 11 is 0. The molecule has 0 heterocycles. The van der Waals surface area contributed by atoms with Gasteiger partial charge in [0.25, 0.3) is 0 Å². The molecule has 0 aliphatic heterocycles. The van der Waals surface area contributed by atoms with Crippen LogP contribution in [0.25, 0.3) is 0 Å². The third-order valence-electron chi connectivity index (χ3n) is 6.03. The molecule has 0 aromatic carbocycles. The second-order valence-corrected chi connectivity index (χ2v) is 7.10. The summed E-state index contributed by atoms with van der Waals surface area (Å²) in [6.45, 7) is 14.2. The predicted octanol–water partition coefficient (Wildman–Crippen LogP) is 4.58. The van der Waals surface area contributed by atoms with E-state index in [2.05, 4.69) is 40.3 Å². The monoisotopic (exact) mass is 216 g/mol. The summed E-state index contributed by atoms with van der Waals surface area (Å²) < 4.78 is 0. The second kappa shape index (κ2) is 2.83. The van der Waals surface area contributed by atoms with Crippen molar-refractivity contribution in [3.05, 3.63) is 23.8 Å². The molecule has 16 heavy (non-hydrogen) atoms. The van der Waals surface area contributed by atoms with Crippen molar-refractivity contribution in [2.75, 3.05) is 0 Å². The van der Waals surface area contributed by atoms with E-state index in [0.29, 0.717) is 10.8 Å². The molecule has 0 aromatic rings. The maximum Gasteiger partial charge on any atom is -0.00480 e. The first-order valence-corrected chi connectivity index (χ1v) is 6.80. The minimum absolute atomic E-state index is 0.480. The van der Waals surface area contributed by atoms with Gasteiger partial charge in [-0.3, -0.25) is 0 Å². The fourth-order valence-electron chi connectivity index (χ4n) is 4.98. The molecular formula is C16H24. The molecule has 0 nitrogen and oxygen atoms in total. The van der Waals surface area contributed by atoms with Crippen LogP contribution < -0.4 is 0 Å². The summed E-state index contributed by atoms with van der Waals surface area (Å²) in [6.07, 6.45) is 6.57. The lowest BCUT2D eigenvalue weighted by Gasteiger charge is -2.45. The Morgan fingerprint density at radius 1 is 1.31 bits per heavy atom. The molecule has 0 amide bonds. The van der Waals surface area contributed by atoms with Gasteiger partial charge in [0, 0.05) is 0 Å². The van der Waals surface area contributed by atoms with Crippen molar-refractivity contribution in [2.24, 2.45) is 28.6 Å². The van der Waals surface area contributed by atoms with Gasteiger partial charge >= 0.3 is 0 Å². The van der Waals surface area contributed by atoms with E-state index >= 15 is 0 Å². The zero-order valence-electron chi connectivity index (χ0n) is 11.1. The maximum atomic E-state index is 4.30. The van der Waals surface area contributed by atoms with Gasteiger partial charge < -0.3 is 0 Å². The first kappa shape index (κ1) is 10.6. The van der Waals surface area contributed by atoms with Gasteiger partial charge in [0.1, 0.15) is 0 Å². The molecule has 0 radical (unpaired) electrons. The molecule has 4 atom stereocenters. The van der Waals surface area contributed by atoms with E-state index in [1.54, 1.807) is 5.57 Å². The Morgan fingerprint density at radius 2 is 2.00 bits per heavy atom. The highest BCUT2D eigenvalue weighted by atomic mass is 14.7. The molecule has 3 aliphatic carbocycles. The van der Waals surface area contributed by atoms with Gasteiger partial charge in [-0.1, -0.05) is 51.5 Å².